The van der Waals surface area contributed by atoms with E-state index in [0.717, 1.165) is 11.1 Å². The zero-order chi connectivity index (χ0) is 16.9. The van der Waals surface area contributed by atoms with Crippen LogP contribution in [-0.2, 0) is 11.2 Å². The van der Waals surface area contributed by atoms with Gasteiger partial charge >= 0.3 is 0 Å². The molecule has 1 atom stereocenters. The van der Waals surface area contributed by atoms with Crippen molar-refractivity contribution in [3.05, 3.63) is 93.9 Å². The van der Waals surface area contributed by atoms with Gasteiger partial charge < -0.3 is 9.73 Å². The number of amides is 1. The minimum absolute atomic E-state index is 0.126. The van der Waals surface area contributed by atoms with Crippen LogP contribution < -0.4 is 5.32 Å². The summed E-state index contributed by atoms with van der Waals surface area (Å²) in [6, 6.07) is 18.2. The standard InChI is InChI=1S/C19H15Cl2NO2/c20-15-9-8-13(11-16(15)21)12-18(23)22-19(17-7-4-10-24-17)14-5-2-1-3-6-14/h1-11,19H,12H2,(H,22,23)/t19-/m1/s1. The summed E-state index contributed by atoms with van der Waals surface area (Å²) in [4.78, 5) is 12.5. The Hall–Kier alpha value is -2.23. The topological polar surface area (TPSA) is 42.2 Å². The molecule has 1 aromatic heterocycles. The van der Waals surface area contributed by atoms with E-state index in [9.17, 15) is 4.79 Å². The van der Waals surface area contributed by atoms with Gasteiger partial charge in [0.25, 0.3) is 0 Å². The quantitative estimate of drug-likeness (QED) is 0.693. The van der Waals surface area contributed by atoms with Crippen molar-refractivity contribution < 1.29 is 9.21 Å². The molecule has 0 unspecified atom stereocenters. The zero-order valence-electron chi connectivity index (χ0n) is 12.7. The Morgan fingerprint density at radius 2 is 1.79 bits per heavy atom. The van der Waals surface area contributed by atoms with E-state index in [1.54, 1.807) is 30.5 Å². The molecule has 1 heterocycles. The summed E-state index contributed by atoms with van der Waals surface area (Å²) >= 11 is 11.9. The molecule has 0 aliphatic heterocycles. The molecule has 0 fully saturated rings. The molecule has 24 heavy (non-hydrogen) atoms. The first kappa shape index (κ1) is 16.6. The molecule has 2 aromatic carbocycles. The van der Waals surface area contributed by atoms with E-state index >= 15 is 0 Å². The minimum Gasteiger partial charge on any atom is -0.467 e. The van der Waals surface area contributed by atoms with Gasteiger partial charge in [-0.2, -0.15) is 0 Å². The minimum atomic E-state index is -0.337. The summed E-state index contributed by atoms with van der Waals surface area (Å²) in [5.74, 6) is 0.558. The maximum absolute atomic E-state index is 12.5. The highest BCUT2D eigenvalue weighted by atomic mass is 35.5. The molecule has 0 aliphatic rings. The monoisotopic (exact) mass is 359 g/mol. The molecule has 122 valence electrons. The molecule has 5 heteroatoms. The largest absolute Gasteiger partial charge is 0.467 e. The van der Waals surface area contributed by atoms with E-state index in [2.05, 4.69) is 5.32 Å². The lowest BCUT2D eigenvalue weighted by atomic mass is 10.0. The summed E-state index contributed by atoms with van der Waals surface area (Å²) in [6.07, 6.45) is 1.80. The van der Waals surface area contributed by atoms with Crippen molar-refractivity contribution in [1.82, 2.24) is 5.32 Å². The smallest absolute Gasteiger partial charge is 0.225 e. The highest BCUT2D eigenvalue weighted by Gasteiger charge is 2.19. The van der Waals surface area contributed by atoms with Gasteiger partial charge in [-0.3, -0.25) is 4.79 Å². The third-order valence-corrected chi connectivity index (χ3v) is 4.35. The number of nitrogens with one attached hydrogen (secondary N) is 1. The first-order valence-corrected chi connectivity index (χ1v) is 8.21. The molecular formula is C19H15Cl2NO2. The van der Waals surface area contributed by atoms with Crippen LogP contribution in [0.25, 0.3) is 0 Å². The number of halogens is 2. The summed E-state index contributed by atoms with van der Waals surface area (Å²) in [7, 11) is 0. The van der Waals surface area contributed by atoms with Crippen LogP contribution in [0.5, 0.6) is 0 Å². The number of carbonyl (C=O) groups excluding carboxylic acids is 1. The average Bonchev–Trinajstić information content (AvgIpc) is 3.11. The second kappa shape index (κ2) is 7.56. The second-order valence-corrected chi connectivity index (χ2v) is 6.17. The van der Waals surface area contributed by atoms with Crippen molar-refractivity contribution in [2.24, 2.45) is 0 Å². The van der Waals surface area contributed by atoms with E-state index in [-0.39, 0.29) is 18.4 Å². The normalized spacial score (nSPS) is 11.9. The van der Waals surface area contributed by atoms with Crippen LogP contribution in [-0.4, -0.2) is 5.91 Å². The fraction of sp³-hybridized carbons (Fsp3) is 0.105. The van der Waals surface area contributed by atoms with Crippen LogP contribution in [0.2, 0.25) is 10.0 Å². The molecular weight excluding hydrogens is 345 g/mol. The lowest BCUT2D eigenvalue weighted by molar-refractivity contribution is -0.121. The number of carbonyl (C=O) groups is 1. The molecule has 0 saturated heterocycles. The molecule has 3 aromatic rings. The van der Waals surface area contributed by atoms with Gasteiger partial charge in [-0.05, 0) is 35.4 Å². The summed E-state index contributed by atoms with van der Waals surface area (Å²) in [6.45, 7) is 0. The van der Waals surface area contributed by atoms with Gasteiger partial charge in [-0.1, -0.05) is 59.6 Å². The van der Waals surface area contributed by atoms with E-state index in [0.29, 0.717) is 15.8 Å². The number of rotatable bonds is 5. The molecule has 3 nitrogen and oxygen atoms in total. The Labute approximate surface area is 150 Å². The highest BCUT2D eigenvalue weighted by Crippen LogP contribution is 2.24. The van der Waals surface area contributed by atoms with E-state index in [1.807, 2.05) is 36.4 Å². The third kappa shape index (κ3) is 3.99. The van der Waals surface area contributed by atoms with E-state index in [1.165, 1.54) is 0 Å². The highest BCUT2D eigenvalue weighted by molar-refractivity contribution is 6.42. The number of benzene rings is 2. The summed E-state index contributed by atoms with van der Waals surface area (Å²) < 4.78 is 5.48. The van der Waals surface area contributed by atoms with Crippen molar-refractivity contribution in [1.29, 1.82) is 0 Å². The van der Waals surface area contributed by atoms with Gasteiger partial charge in [-0.25, -0.2) is 0 Å². The van der Waals surface area contributed by atoms with Gasteiger partial charge in [0.05, 0.1) is 22.7 Å². The molecule has 3 rings (SSSR count). The fourth-order valence-electron chi connectivity index (χ4n) is 2.47. The SMILES string of the molecule is O=C(Cc1ccc(Cl)c(Cl)c1)N[C@H](c1ccccc1)c1ccco1. The Kier molecular flexibility index (Phi) is 5.24. The maximum Gasteiger partial charge on any atom is 0.225 e. The van der Waals surface area contributed by atoms with Gasteiger partial charge in [0.2, 0.25) is 5.91 Å². The maximum atomic E-state index is 12.5. The Bertz CT molecular complexity index is 817. The van der Waals surface area contributed by atoms with Crippen molar-refractivity contribution in [3.8, 4) is 0 Å². The van der Waals surface area contributed by atoms with Crippen molar-refractivity contribution in [2.75, 3.05) is 0 Å². The Morgan fingerprint density at radius 1 is 1.00 bits per heavy atom. The lowest BCUT2D eigenvalue weighted by Crippen LogP contribution is -2.30. The number of hydrogen-bond acceptors (Lipinski definition) is 2. The summed E-state index contributed by atoms with van der Waals surface area (Å²) in [5.41, 5.74) is 1.75. The molecule has 1 N–H and O–H groups in total. The molecule has 0 aliphatic carbocycles. The van der Waals surface area contributed by atoms with E-state index in [4.69, 9.17) is 27.6 Å². The van der Waals surface area contributed by atoms with E-state index < -0.39 is 0 Å². The van der Waals surface area contributed by atoms with Crippen LogP contribution in [0.15, 0.2) is 71.3 Å². The van der Waals surface area contributed by atoms with Crippen LogP contribution in [0.4, 0.5) is 0 Å². The van der Waals surface area contributed by atoms with Gasteiger partial charge in [0, 0.05) is 0 Å². The van der Waals surface area contributed by atoms with Crippen molar-refractivity contribution in [2.45, 2.75) is 12.5 Å². The first-order chi connectivity index (χ1) is 11.6. The molecule has 0 bridgehead atoms. The predicted octanol–water partition coefficient (Wildman–Crippen LogP) is 5.03. The van der Waals surface area contributed by atoms with Gasteiger partial charge in [-0.15, -0.1) is 0 Å². The number of furan rings is 1. The lowest BCUT2D eigenvalue weighted by Gasteiger charge is -2.17. The predicted molar refractivity (Wildman–Crippen MR) is 95.3 cm³/mol. The van der Waals surface area contributed by atoms with Crippen LogP contribution in [0.1, 0.15) is 22.9 Å². The average molecular weight is 360 g/mol. The zero-order valence-corrected chi connectivity index (χ0v) is 14.2. The molecule has 0 spiro atoms. The second-order valence-electron chi connectivity index (χ2n) is 5.35. The molecule has 0 saturated carbocycles. The van der Waals surface area contributed by atoms with Crippen LogP contribution in [0, 0.1) is 0 Å². The summed E-state index contributed by atoms with van der Waals surface area (Å²) in [5, 5.41) is 3.92. The molecule has 1 amide bonds. The van der Waals surface area contributed by atoms with Gasteiger partial charge in [0.15, 0.2) is 0 Å². The van der Waals surface area contributed by atoms with Crippen LogP contribution in [0.3, 0.4) is 0 Å². The third-order valence-electron chi connectivity index (χ3n) is 3.61. The fourth-order valence-corrected chi connectivity index (χ4v) is 2.79. The number of hydrogen-bond donors (Lipinski definition) is 1. The molecule has 0 radical (unpaired) electrons. The Morgan fingerprint density at radius 3 is 2.46 bits per heavy atom. The Balaban J connectivity index is 1.77. The van der Waals surface area contributed by atoms with Crippen molar-refractivity contribution >= 4 is 29.1 Å². The van der Waals surface area contributed by atoms with Gasteiger partial charge in [0.1, 0.15) is 11.8 Å². The first-order valence-electron chi connectivity index (χ1n) is 7.45. The van der Waals surface area contributed by atoms with Crippen LogP contribution >= 0.6 is 23.2 Å². The van der Waals surface area contributed by atoms with Crippen molar-refractivity contribution in [3.63, 3.8) is 0 Å².